The van der Waals surface area contributed by atoms with Gasteiger partial charge in [0.25, 0.3) is 5.91 Å². The topological polar surface area (TPSA) is 103 Å². The molecule has 130 valence electrons. The molecule has 2 aromatic heterocycles. The first kappa shape index (κ1) is 16.9. The summed E-state index contributed by atoms with van der Waals surface area (Å²) in [6, 6.07) is 9.52. The van der Waals surface area contributed by atoms with E-state index in [2.05, 4.69) is 9.97 Å². The highest BCUT2D eigenvalue weighted by atomic mass is 16.5. The molecule has 0 saturated heterocycles. The quantitative estimate of drug-likeness (QED) is 0.684. The van der Waals surface area contributed by atoms with Crippen molar-refractivity contribution in [2.45, 2.75) is 25.5 Å². The van der Waals surface area contributed by atoms with Crippen LogP contribution < -0.4 is 10.5 Å². The van der Waals surface area contributed by atoms with E-state index in [0.29, 0.717) is 18.9 Å². The summed E-state index contributed by atoms with van der Waals surface area (Å²) in [6.45, 7) is 2.05. The molecule has 7 nitrogen and oxygen atoms in total. The minimum absolute atomic E-state index is 0.169. The van der Waals surface area contributed by atoms with Gasteiger partial charge in [-0.05, 0) is 12.3 Å². The molecule has 2 atom stereocenters. The summed E-state index contributed by atoms with van der Waals surface area (Å²) in [4.78, 5) is 19.4. The number of primary amides is 1. The van der Waals surface area contributed by atoms with Crippen molar-refractivity contribution in [3.8, 4) is 5.88 Å². The second kappa shape index (κ2) is 7.31. The lowest BCUT2D eigenvalue weighted by Gasteiger charge is -2.21. The van der Waals surface area contributed by atoms with Gasteiger partial charge in [-0.25, -0.2) is 9.97 Å². The molecule has 3 N–H and O–H groups in total. The summed E-state index contributed by atoms with van der Waals surface area (Å²) in [5, 5.41) is 12.1. The molecule has 0 aliphatic carbocycles. The van der Waals surface area contributed by atoms with Crippen LogP contribution in [0.5, 0.6) is 5.88 Å². The van der Waals surface area contributed by atoms with Crippen LogP contribution in [0.1, 0.15) is 29.9 Å². The van der Waals surface area contributed by atoms with Gasteiger partial charge in [-0.1, -0.05) is 24.3 Å². The van der Waals surface area contributed by atoms with Crippen LogP contribution in [0.15, 0.2) is 49.1 Å². The smallest absolute Gasteiger partial charge is 0.268 e. The molecular weight excluding hydrogens is 320 g/mol. The number of ether oxygens (including phenoxy) is 1. The summed E-state index contributed by atoms with van der Waals surface area (Å²) in [7, 11) is 0. The molecule has 0 radical (unpaired) electrons. The highest BCUT2D eigenvalue weighted by Crippen LogP contribution is 2.20. The van der Waals surface area contributed by atoms with E-state index in [1.165, 1.54) is 12.5 Å². The van der Waals surface area contributed by atoms with Gasteiger partial charge < -0.3 is 20.1 Å². The number of amides is 1. The maximum atomic E-state index is 11.2. The SMILES string of the molecule is C[C@H](O)[C@@H](CCOc1cc2ccccc2cn1)n1cnc(C(N)=O)c1. The third kappa shape index (κ3) is 3.95. The summed E-state index contributed by atoms with van der Waals surface area (Å²) in [5.74, 6) is -0.0637. The van der Waals surface area contributed by atoms with E-state index < -0.39 is 12.0 Å². The number of rotatable bonds is 7. The summed E-state index contributed by atoms with van der Waals surface area (Å²) >= 11 is 0. The Hall–Kier alpha value is -2.93. The Labute approximate surface area is 145 Å². The van der Waals surface area contributed by atoms with Gasteiger partial charge in [0, 0.05) is 30.3 Å². The second-order valence-corrected chi connectivity index (χ2v) is 5.89. The number of carbonyl (C=O) groups excluding carboxylic acids is 1. The summed E-state index contributed by atoms with van der Waals surface area (Å²) in [5.41, 5.74) is 5.38. The molecule has 0 fully saturated rings. The minimum Gasteiger partial charge on any atom is -0.478 e. The zero-order valence-electron chi connectivity index (χ0n) is 13.9. The zero-order valence-corrected chi connectivity index (χ0v) is 13.9. The van der Waals surface area contributed by atoms with Crippen molar-refractivity contribution in [1.29, 1.82) is 0 Å². The van der Waals surface area contributed by atoms with Crippen LogP contribution in [-0.4, -0.2) is 38.3 Å². The van der Waals surface area contributed by atoms with Crippen molar-refractivity contribution in [3.63, 3.8) is 0 Å². The van der Waals surface area contributed by atoms with Crippen molar-refractivity contribution in [2.75, 3.05) is 6.61 Å². The van der Waals surface area contributed by atoms with Crippen molar-refractivity contribution in [1.82, 2.24) is 14.5 Å². The number of hydrogen-bond donors (Lipinski definition) is 2. The van der Waals surface area contributed by atoms with Crippen LogP contribution in [0.3, 0.4) is 0 Å². The molecule has 3 aromatic rings. The van der Waals surface area contributed by atoms with E-state index in [-0.39, 0.29) is 11.7 Å². The molecule has 2 heterocycles. The zero-order chi connectivity index (χ0) is 17.8. The van der Waals surface area contributed by atoms with E-state index in [4.69, 9.17) is 10.5 Å². The first-order valence-corrected chi connectivity index (χ1v) is 8.03. The molecule has 0 saturated carbocycles. The number of imidazole rings is 1. The number of fused-ring (bicyclic) bond motifs is 1. The van der Waals surface area contributed by atoms with Gasteiger partial charge >= 0.3 is 0 Å². The van der Waals surface area contributed by atoms with Crippen LogP contribution in [0.25, 0.3) is 10.8 Å². The maximum absolute atomic E-state index is 11.2. The fourth-order valence-corrected chi connectivity index (χ4v) is 2.71. The molecule has 0 bridgehead atoms. The summed E-state index contributed by atoms with van der Waals surface area (Å²) < 4.78 is 7.41. The van der Waals surface area contributed by atoms with Gasteiger partial charge in [-0.15, -0.1) is 0 Å². The summed E-state index contributed by atoms with van der Waals surface area (Å²) in [6.07, 6.45) is 4.69. The number of pyridine rings is 1. The largest absolute Gasteiger partial charge is 0.478 e. The molecule has 0 aliphatic heterocycles. The molecule has 3 rings (SSSR count). The number of benzene rings is 1. The van der Waals surface area contributed by atoms with Gasteiger partial charge in [0.1, 0.15) is 5.69 Å². The normalized spacial score (nSPS) is 13.5. The van der Waals surface area contributed by atoms with Crippen LogP contribution >= 0.6 is 0 Å². The van der Waals surface area contributed by atoms with Crippen LogP contribution in [0.2, 0.25) is 0 Å². The number of hydrogen-bond acceptors (Lipinski definition) is 5. The fourth-order valence-electron chi connectivity index (χ4n) is 2.71. The minimum atomic E-state index is -0.636. The molecule has 0 aliphatic rings. The lowest BCUT2D eigenvalue weighted by Crippen LogP contribution is -2.23. The average molecular weight is 340 g/mol. The molecular formula is C18H20N4O3. The van der Waals surface area contributed by atoms with E-state index in [0.717, 1.165) is 10.8 Å². The lowest BCUT2D eigenvalue weighted by atomic mass is 10.1. The van der Waals surface area contributed by atoms with Crippen LogP contribution in [-0.2, 0) is 0 Å². The molecule has 0 spiro atoms. The van der Waals surface area contributed by atoms with Crippen LogP contribution in [0.4, 0.5) is 0 Å². The van der Waals surface area contributed by atoms with E-state index >= 15 is 0 Å². The van der Waals surface area contributed by atoms with Gasteiger partial charge in [0.2, 0.25) is 5.88 Å². The Balaban J connectivity index is 1.65. The molecule has 1 aromatic carbocycles. The average Bonchev–Trinajstić information content (AvgIpc) is 3.08. The van der Waals surface area contributed by atoms with Crippen molar-refractivity contribution in [3.05, 3.63) is 54.7 Å². The monoisotopic (exact) mass is 340 g/mol. The second-order valence-electron chi connectivity index (χ2n) is 5.89. The Kier molecular flexibility index (Phi) is 4.95. The number of aliphatic hydroxyl groups is 1. The van der Waals surface area contributed by atoms with Gasteiger partial charge in [-0.3, -0.25) is 4.79 Å². The Bertz CT molecular complexity index is 875. The number of aromatic nitrogens is 3. The molecule has 25 heavy (non-hydrogen) atoms. The van der Waals surface area contributed by atoms with Crippen molar-refractivity contribution < 1.29 is 14.6 Å². The number of aliphatic hydroxyl groups excluding tert-OH is 1. The number of nitrogens with two attached hydrogens (primary N) is 1. The number of nitrogens with zero attached hydrogens (tertiary/aromatic N) is 3. The third-order valence-electron chi connectivity index (χ3n) is 4.06. The van der Waals surface area contributed by atoms with E-state index in [1.54, 1.807) is 17.7 Å². The predicted molar refractivity (Wildman–Crippen MR) is 93.3 cm³/mol. The Morgan fingerprint density at radius 1 is 1.32 bits per heavy atom. The van der Waals surface area contributed by atoms with E-state index in [9.17, 15) is 9.90 Å². The number of carbonyl (C=O) groups is 1. The van der Waals surface area contributed by atoms with Gasteiger partial charge in [-0.2, -0.15) is 0 Å². The van der Waals surface area contributed by atoms with Crippen molar-refractivity contribution >= 4 is 16.7 Å². The molecule has 0 unspecified atom stereocenters. The third-order valence-corrected chi connectivity index (χ3v) is 4.06. The first-order valence-electron chi connectivity index (χ1n) is 8.03. The van der Waals surface area contributed by atoms with Crippen molar-refractivity contribution in [2.24, 2.45) is 5.73 Å². The lowest BCUT2D eigenvalue weighted by molar-refractivity contribution is 0.0993. The fraction of sp³-hybridized carbons (Fsp3) is 0.278. The Morgan fingerprint density at radius 3 is 2.76 bits per heavy atom. The maximum Gasteiger partial charge on any atom is 0.268 e. The first-order chi connectivity index (χ1) is 12.0. The Morgan fingerprint density at radius 2 is 2.08 bits per heavy atom. The van der Waals surface area contributed by atoms with E-state index in [1.807, 2.05) is 30.3 Å². The predicted octanol–water partition coefficient (Wildman–Crippen LogP) is 1.92. The standard InChI is InChI=1S/C18H20N4O3/c1-12(23)16(22-10-15(18(19)24)21-11-22)6-7-25-17-8-13-4-2-3-5-14(13)9-20-17/h2-5,8-12,16,23H,6-7H2,1H3,(H2,19,24)/t12-,16+/m0/s1. The highest BCUT2D eigenvalue weighted by Gasteiger charge is 2.19. The molecule has 1 amide bonds. The van der Waals surface area contributed by atoms with Gasteiger partial charge in [0.15, 0.2) is 0 Å². The van der Waals surface area contributed by atoms with Crippen LogP contribution in [0, 0.1) is 0 Å². The van der Waals surface area contributed by atoms with Gasteiger partial charge in [0.05, 0.1) is 25.1 Å². The molecule has 7 heteroatoms. The highest BCUT2D eigenvalue weighted by molar-refractivity contribution is 5.90.